The topological polar surface area (TPSA) is 27.7 Å². The van der Waals surface area contributed by atoms with Crippen molar-refractivity contribution in [3.8, 4) is 16.9 Å². The van der Waals surface area contributed by atoms with E-state index >= 15 is 8.78 Å². The molecule has 12 heteroatoms. The summed E-state index contributed by atoms with van der Waals surface area (Å²) < 4.78 is 144. The Kier molecular flexibility index (Phi) is 11.0. The van der Waals surface area contributed by atoms with E-state index in [4.69, 9.17) is 9.47 Å². The Balaban J connectivity index is 1.22. The Labute approximate surface area is 271 Å². The van der Waals surface area contributed by atoms with E-state index in [1.807, 2.05) is 0 Å². The van der Waals surface area contributed by atoms with Crippen LogP contribution in [0.15, 0.2) is 60.7 Å². The number of unbranched alkanes of at least 4 members (excludes halogenated alkanes) is 2. The first-order chi connectivity index (χ1) is 22.9. The molecule has 0 amide bonds. The molecule has 0 saturated carbocycles. The number of aryl methyl sites for hydroxylation is 2. The minimum Gasteiger partial charge on any atom is -0.429 e. The molecule has 1 aliphatic heterocycles. The van der Waals surface area contributed by atoms with Crippen molar-refractivity contribution in [1.82, 2.24) is 0 Å². The molecular formula is C36H31F9O3. The van der Waals surface area contributed by atoms with E-state index in [-0.39, 0.29) is 53.1 Å². The number of benzene rings is 4. The van der Waals surface area contributed by atoms with Gasteiger partial charge in [0.25, 0.3) is 0 Å². The molecule has 1 heterocycles. The van der Waals surface area contributed by atoms with Gasteiger partial charge >= 0.3 is 6.11 Å². The molecule has 1 aliphatic rings. The van der Waals surface area contributed by atoms with E-state index in [1.54, 1.807) is 6.07 Å². The number of rotatable bonds is 12. The monoisotopic (exact) mass is 682 g/mol. The van der Waals surface area contributed by atoms with Gasteiger partial charge in [0.1, 0.15) is 34.6 Å². The predicted molar refractivity (Wildman–Crippen MR) is 159 cm³/mol. The lowest BCUT2D eigenvalue weighted by atomic mass is 9.97. The number of hydrogen-bond acceptors (Lipinski definition) is 3. The molecule has 0 aromatic heterocycles. The van der Waals surface area contributed by atoms with Crippen LogP contribution in [0.4, 0.5) is 39.5 Å². The fourth-order valence-corrected chi connectivity index (χ4v) is 5.53. The van der Waals surface area contributed by atoms with E-state index in [0.717, 1.165) is 31.7 Å². The van der Waals surface area contributed by atoms with Crippen molar-refractivity contribution in [2.75, 3.05) is 13.2 Å². The van der Waals surface area contributed by atoms with Gasteiger partial charge in [-0.15, -0.1) is 0 Å². The number of halogens is 9. The van der Waals surface area contributed by atoms with Crippen molar-refractivity contribution in [3.05, 3.63) is 124 Å². The lowest BCUT2D eigenvalue weighted by molar-refractivity contribution is -0.206. The molecule has 4 aromatic rings. The van der Waals surface area contributed by atoms with E-state index in [0.29, 0.717) is 30.9 Å². The molecule has 1 saturated heterocycles. The highest BCUT2D eigenvalue weighted by molar-refractivity contribution is 5.65. The Bertz CT molecular complexity index is 1710. The van der Waals surface area contributed by atoms with Crippen LogP contribution < -0.4 is 4.74 Å². The maximum absolute atomic E-state index is 15.1. The van der Waals surface area contributed by atoms with Gasteiger partial charge in [0.05, 0.1) is 13.2 Å². The normalized spacial score (nSPS) is 16.7. The summed E-state index contributed by atoms with van der Waals surface area (Å²) in [6, 6.07) is 9.79. The third-order valence-corrected chi connectivity index (χ3v) is 8.09. The van der Waals surface area contributed by atoms with Crippen molar-refractivity contribution < 1.29 is 53.7 Å². The largest absolute Gasteiger partial charge is 0.432 e. The van der Waals surface area contributed by atoms with Gasteiger partial charge in [-0.05, 0) is 60.2 Å². The minimum absolute atomic E-state index is 0.0947. The fraction of sp³-hybridized carbons (Fsp3) is 0.333. The van der Waals surface area contributed by atoms with Crippen molar-refractivity contribution in [1.29, 1.82) is 0 Å². The summed E-state index contributed by atoms with van der Waals surface area (Å²) in [5.74, 6) is -11.3. The molecule has 1 fully saturated rings. The van der Waals surface area contributed by atoms with Gasteiger partial charge < -0.3 is 14.2 Å². The van der Waals surface area contributed by atoms with Crippen molar-refractivity contribution >= 4 is 0 Å². The van der Waals surface area contributed by atoms with Gasteiger partial charge in [-0.1, -0.05) is 50.5 Å². The quantitative estimate of drug-likeness (QED) is 0.0846. The fourth-order valence-electron chi connectivity index (χ4n) is 5.53. The molecule has 4 aromatic carbocycles. The lowest BCUT2D eigenvalue weighted by Crippen LogP contribution is -2.27. The Hall–Kier alpha value is -4.03. The SMILES string of the molecule is CCCCCC1COC(c2ccc(-c3ccc(CCc4cc(F)c(C(F)(F)Oc5cc(F)c(F)c(F)c5)c(F)c4)c(F)c3)c(F)c2)OC1. The molecule has 5 rings (SSSR count). The summed E-state index contributed by atoms with van der Waals surface area (Å²) >= 11 is 0. The molecule has 256 valence electrons. The summed E-state index contributed by atoms with van der Waals surface area (Å²) in [5, 5.41) is 0. The highest BCUT2D eigenvalue weighted by atomic mass is 19.3. The van der Waals surface area contributed by atoms with Crippen LogP contribution in [0.5, 0.6) is 5.75 Å². The molecule has 0 bridgehead atoms. The van der Waals surface area contributed by atoms with Gasteiger partial charge in [-0.25, -0.2) is 30.7 Å². The molecule has 48 heavy (non-hydrogen) atoms. The lowest BCUT2D eigenvalue weighted by Gasteiger charge is -2.29. The third kappa shape index (κ3) is 8.15. The second kappa shape index (κ2) is 15.0. The summed E-state index contributed by atoms with van der Waals surface area (Å²) in [5.41, 5.74) is -0.959. The summed E-state index contributed by atoms with van der Waals surface area (Å²) in [4.78, 5) is 0. The molecule has 0 N–H and O–H groups in total. The average Bonchev–Trinajstić information content (AvgIpc) is 3.03. The van der Waals surface area contributed by atoms with Crippen LogP contribution in [-0.2, 0) is 28.4 Å². The highest BCUT2D eigenvalue weighted by Gasteiger charge is 2.41. The van der Waals surface area contributed by atoms with Gasteiger partial charge in [-0.3, -0.25) is 0 Å². The molecule has 0 spiro atoms. The average molecular weight is 683 g/mol. The second-order valence-corrected chi connectivity index (χ2v) is 11.7. The predicted octanol–water partition coefficient (Wildman–Crippen LogP) is 10.5. The van der Waals surface area contributed by atoms with Crippen molar-refractivity contribution in [3.63, 3.8) is 0 Å². The van der Waals surface area contributed by atoms with Crippen LogP contribution >= 0.6 is 0 Å². The van der Waals surface area contributed by atoms with Gasteiger partial charge in [0, 0.05) is 29.2 Å². The molecule has 0 aliphatic carbocycles. The highest BCUT2D eigenvalue weighted by Crippen LogP contribution is 2.37. The zero-order valence-corrected chi connectivity index (χ0v) is 25.7. The Morgan fingerprint density at radius 1 is 0.708 bits per heavy atom. The molecule has 0 unspecified atom stereocenters. The maximum atomic E-state index is 15.1. The van der Waals surface area contributed by atoms with E-state index in [9.17, 15) is 30.7 Å². The van der Waals surface area contributed by atoms with Crippen molar-refractivity contribution in [2.24, 2.45) is 5.92 Å². The first-order valence-electron chi connectivity index (χ1n) is 15.4. The maximum Gasteiger partial charge on any atom is 0.432 e. The van der Waals surface area contributed by atoms with Crippen LogP contribution in [0.3, 0.4) is 0 Å². The van der Waals surface area contributed by atoms with Crippen LogP contribution in [0.1, 0.15) is 61.2 Å². The standard InChI is InChI=1S/C36H31F9O3/c1-2-3-4-5-21-18-46-35(47-19-21)24-10-11-26(28(38)15-24)23-9-8-22(27(37)14-23)7-6-20-12-29(39)33(30(40)13-20)36(44,45)48-25-16-31(41)34(43)32(42)17-25/h8-17,21,35H,2-7,18-19H2,1H3. The summed E-state index contributed by atoms with van der Waals surface area (Å²) in [7, 11) is 0. The van der Waals surface area contributed by atoms with Crippen molar-refractivity contribution in [2.45, 2.75) is 57.8 Å². The molecule has 0 atom stereocenters. The third-order valence-electron chi connectivity index (χ3n) is 8.09. The van der Waals surface area contributed by atoms with Crippen LogP contribution in [0.25, 0.3) is 11.1 Å². The number of ether oxygens (including phenoxy) is 3. The molecule has 3 nitrogen and oxygen atoms in total. The number of alkyl halides is 2. The molecular weight excluding hydrogens is 651 g/mol. The minimum atomic E-state index is -4.73. The van der Waals surface area contributed by atoms with Gasteiger partial charge in [-0.2, -0.15) is 8.78 Å². The molecule has 0 radical (unpaired) electrons. The van der Waals surface area contributed by atoms with Crippen LogP contribution in [0, 0.1) is 46.6 Å². The zero-order chi connectivity index (χ0) is 34.6. The van der Waals surface area contributed by atoms with Gasteiger partial charge in [0.15, 0.2) is 23.7 Å². The number of hydrogen-bond donors (Lipinski definition) is 0. The Morgan fingerprint density at radius 3 is 1.98 bits per heavy atom. The zero-order valence-electron chi connectivity index (χ0n) is 25.7. The van der Waals surface area contributed by atoms with E-state index < -0.39 is 64.4 Å². The van der Waals surface area contributed by atoms with Crippen LogP contribution in [-0.4, -0.2) is 13.2 Å². The smallest absolute Gasteiger partial charge is 0.429 e. The summed E-state index contributed by atoms with van der Waals surface area (Å²) in [6.45, 7) is 3.15. The second-order valence-electron chi connectivity index (χ2n) is 11.7. The summed E-state index contributed by atoms with van der Waals surface area (Å²) in [6.07, 6.45) is -1.35. The first kappa shape index (κ1) is 35.3. The van der Waals surface area contributed by atoms with E-state index in [1.165, 1.54) is 24.3 Å². The Morgan fingerprint density at radius 2 is 1.38 bits per heavy atom. The van der Waals surface area contributed by atoms with Gasteiger partial charge in [0.2, 0.25) is 0 Å². The van der Waals surface area contributed by atoms with E-state index in [2.05, 4.69) is 11.7 Å². The van der Waals surface area contributed by atoms with Crippen LogP contribution in [0.2, 0.25) is 0 Å². The first-order valence-corrected chi connectivity index (χ1v) is 15.4.